The van der Waals surface area contributed by atoms with E-state index in [0.29, 0.717) is 5.71 Å². The maximum Gasteiger partial charge on any atom is 0.248 e. The molecule has 3 rings (SSSR count). The molecule has 1 atom stereocenters. The van der Waals surface area contributed by atoms with Gasteiger partial charge in [0.05, 0.1) is 14.4 Å². The number of nitrogens with one attached hydrogen (secondary N) is 2. The fourth-order valence-corrected chi connectivity index (χ4v) is 4.16. The van der Waals surface area contributed by atoms with Crippen LogP contribution in [0.2, 0.25) is 0 Å². The zero-order valence-electron chi connectivity index (χ0n) is 14.2. The second-order valence-electron chi connectivity index (χ2n) is 7.05. The fourth-order valence-electron chi connectivity index (χ4n) is 2.68. The van der Waals surface area contributed by atoms with Crippen LogP contribution in [0, 0.1) is 11.3 Å². The molecule has 0 spiro atoms. The van der Waals surface area contributed by atoms with Crippen LogP contribution in [-0.4, -0.2) is 20.8 Å². The van der Waals surface area contributed by atoms with Crippen LogP contribution in [0.1, 0.15) is 45.1 Å². The number of anilines is 1. The minimum absolute atomic E-state index is 0.0994. The summed E-state index contributed by atoms with van der Waals surface area (Å²) in [5, 5.41) is 7.13. The van der Waals surface area contributed by atoms with Crippen molar-refractivity contribution in [2.24, 2.45) is 16.4 Å². The summed E-state index contributed by atoms with van der Waals surface area (Å²) >= 11 is 6.96. The molecule has 0 heterocycles. The molecule has 0 aliphatic heterocycles. The Labute approximate surface area is 164 Å². The second-order valence-corrected chi connectivity index (χ2v) is 10.8. The second kappa shape index (κ2) is 6.83. The van der Waals surface area contributed by atoms with Gasteiger partial charge in [-0.1, -0.05) is 50.4 Å². The summed E-state index contributed by atoms with van der Waals surface area (Å²) in [6.07, 6.45) is 3.83. The number of carbonyl (C=O) groups is 2. The summed E-state index contributed by atoms with van der Waals surface area (Å²) in [5.41, 5.74) is 4.53. The third-order valence-corrected chi connectivity index (χ3v) is 7.44. The molecule has 2 N–H and O–H groups in total. The highest BCUT2D eigenvalue weighted by atomic mass is 79.9. The van der Waals surface area contributed by atoms with Crippen molar-refractivity contribution >= 4 is 55.1 Å². The van der Waals surface area contributed by atoms with Gasteiger partial charge in [0.2, 0.25) is 11.8 Å². The zero-order chi connectivity index (χ0) is 18.2. The van der Waals surface area contributed by atoms with Crippen molar-refractivity contribution in [3.63, 3.8) is 0 Å². The van der Waals surface area contributed by atoms with Crippen LogP contribution < -0.4 is 10.7 Å². The number of alkyl halides is 2. The van der Waals surface area contributed by atoms with Crippen LogP contribution in [0.15, 0.2) is 29.4 Å². The molecule has 0 saturated heterocycles. The van der Waals surface area contributed by atoms with E-state index in [9.17, 15) is 9.59 Å². The van der Waals surface area contributed by atoms with Gasteiger partial charge in [-0.25, -0.2) is 5.43 Å². The molecule has 0 unspecified atom stereocenters. The Morgan fingerprint density at radius 2 is 1.80 bits per heavy atom. The van der Waals surface area contributed by atoms with E-state index in [-0.39, 0.29) is 21.0 Å². The van der Waals surface area contributed by atoms with E-state index in [0.717, 1.165) is 36.9 Å². The van der Waals surface area contributed by atoms with Gasteiger partial charge in [0.1, 0.15) is 0 Å². The predicted octanol–water partition coefficient (Wildman–Crippen LogP) is 4.16. The first-order chi connectivity index (χ1) is 11.7. The van der Waals surface area contributed by atoms with E-state index >= 15 is 0 Å². The van der Waals surface area contributed by atoms with Gasteiger partial charge in [0.15, 0.2) is 0 Å². The predicted molar refractivity (Wildman–Crippen MR) is 106 cm³/mol. The van der Waals surface area contributed by atoms with E-state index in [1.54, 1.807) is 0 Å². The van der Waals surface area contributed by atoms with Crippen molar-refractivity contribution in [1.82, 2.24) is 5.43 Å². The van der Waals surface area contributed by atoms with Crippen molar-refractivity contribution in [3.8, 4) is 0 Å². The lowest BCUT2D eigenvalue weighted by molar-refractivity contribution is -0.125. The van der Waals surface area contributed by atoms with Crippen LogP contribution in [0.25, 0.3) is 0 Å². The Morgan fingerprint density at radius 3 is 2.28 bits per heavy atom. The molecule has 5 nitrogen and oxygen atoms in total. The molecule has 25 heavy (non-hydrogen) atoms. The molecule has 2 amide bonds. The van der Waals surface area contributed by atoms with Gasteiger partial charge in [-0.3, -0.25) is 9.59 Å². The topological polar surface area (TPSA) is 70.6 Å². The summed E-state index contributed by atoms with van der Waals surface area (Å²) < 4.78 is -0.333. The number of rotatable bonds is 5. The average Bonchev–Trinajstić information content (AvgIpc) is 3.03. The molecule has 134 valence electrons. The number of nitrogens with zero attached hydrogens (tertiary/aromatic N) is 1. The Hall–Kier alpha value is -1.21. The molecule has 0 radical (unpaired) electrons. The van der Waals surface area contributed by atoms with Gasteiger partial charge in [-0.15, -0.1) is 0 Å². The highest BCUT2D eigenvalue weighted by Crippen LogP contribution is 2.66. The van der Waals surface area contributed by atoms with Crippen molar-refractivity contribution in [2.45, 2.75) is 42.8 Å². The number of benzene rings is 1. The number of carbonyl (C=O) groups excluding carboxylic acids is 2. The van der Waals surface area contributed by atoms with Gasteiger partial charge in [0, 0.05) is 11.6 Å². The summed E-state index contributed by atoms with van der Waals surface area (Å²) in [6, 6.07) is 7.49. The van der Waals surface area contributed by atoms with E-state index in [2.05, 4.69) is 47.7 Å². The minimum atomic E-state index is -0.494. The maximum absolute atomic E-state index is 12.2. The standard InChI is InChI=1S/C18H21Br2N3O2/c1-11(22-23-16(25)17(2)10-18(17,19)20)12-6-8-14(9-7-12)21-15(24)13-4-3-5-13/h6-9,13H,3-5,10H2,1-2H3,(H,21,24)(H,23,25)/t17-/m0/s1. The molecule has 2 aliphatic carbocycles. The molecule has 2 aliphatic rings. The molecular weight excluding hydrogens is 450 g/mol. The highest BCUT2D eigenvalue weighted by Gasteiger charge is 2.66. The minimum Gasteiger partial charge on any atom is -0.326 e. The Bertz CT molecular complexity index is 726. The van der Waals surface area contributed by atoms with Crippen molar-refractivity contribution in [2.75, 3.05) is 5.32 Å². The molecular formula is C18H21Br2N3O2. The first-order valence-corrected chi connectivity index (χ1v) is 9.95. The van der Waals surface area contributed by atoms with Crippen LogP contribution in [0.4, 0.5) is 5.69 Å². The van der Waals surface area contributed by atoms with Gasteiger partial charge >= 0.3 is 0 Å². The lowest BCUT2D eigenvalue weighted by Gasteiger charge is -2.24. The van der Waals surface area contributed by atoms with Crippen molar-refractivity contribution in [1.29, 1.82) is 0 Å². The largest absolute Gasteiger partial charge is 0.326 e. The SMILES string of the molecule is CC(=NNC(=O)[C@]1(C)CC1(Br)Br)c1ccc(NC(=O)C2CCC2)cc1. The van der Waals surface area contributed by atoms with Crippen molar-refractivity contribution in [3.05, 3.63) is 29.8 Å². The molecule has 2 saturated carbocycles. The molecule has 0 aromatic heterocycles. The Balaban J connectivity index is 1.57. The van der Waals surface area contributed by atoms with Gasteiger partial charge in [-0.05, 0) is 50.8 Å². The monoisotopic (exact) mass is 469 g/mol. The van der Waals surface area contributed by atoms with E-state index in [1.807, 2.05) is 38.1 Å². The maximum atomic E-state index is 12.2. The number of hydrogen-bond acceptors (Lipinski definition) is 3. The first kappa shape index (κ1) is 18.6. The summed E-state index contributed by atoms with van der Waals surface area (Å²) in [4.78, 5) is 24.2. The van der Waals surface area contributed by atoms with E-state index in [4.69, 9.17) is 0 Å². The Morgan fingerprint density at radius 1 is 1.20 bits per heavy atom. The molecule has 7 heteroatoms. The molecule has 2 fully saturated rings. The zero-order valence-corrected chi connectivity index (χ0v) is 17.4. The summed E-state index contributed by atoms with van der Waals surface area (Å²) in [7, 11) is 0. The molecule has 1 aromatic rings. The third-order valence-electron chi connectivity index (χ3n) is 5.13. The lowest BCUT2D eigenvalue weighted by atomic mass is 9.85. The van der Waals surface area contributed by atoms with Crippen LogP contribution in [0.5, 0.6) is 0 Å². The smallest absolute Gasteiger partial charge is 0.248 e. The third kappa shape index (κ3) is 3.82. The number of hydrogen-bond donors (Lipinski definition) is 2. The number of hydrazone groups is 1. The summed E-state index contributed by atoms with van der Waals surface area (Å²) in [5.74, 6) is 0.144. The average molecular weight is 471 g/mol. The molecule has 0 bridgehead atoms. The van der Waals surface area contributed by atoms with Gasteiger partial charge in [-0.2, -0.15) is 5.10 Å². The first-order valence-electron chi connectivity index (χ1n) is 8.37. The van der Waals surface area contributed by atoms with Crippen LogP contribution in [-0.2, 0) is 9.59 Å². The van der Waals surface area contributed by atoms with Gasteiger partial charge < -0.3 is 5.32 Å². The highest BCUT2D eigenvalue weighted by molar-refractivity contribution is 9.25. The number of halogens is 2. The number of amides is 2. The fraction of sp³-hybridized carbons (Fsp3) is 0.500. The van der Waals surface area contributed by atoms with Gasteiger partial charge in [0.25, 0.3) is 0 Å². The van der Waals surface area contributed by atoms with E-state index < -0.39 is 5.41 Å². The van der Waals surface area contributed by atoms with Crippen molar-refractivity contribution < 1.29 is 9.59 Å². The van der Waals surface area contributed by atoms with E-state index in [1.165, 1.54) is 0 Å². The van der Waals surface area contributed by atoms with Crippen LogP contribution in [0.3, 0.4) is 0 Å². The molecule has 1 aromatic carbocycles. The summed E-state index contributed by atoms with van der Waals surface area (Å²) in [6.45, 7) is 3.73. The normalized spacial score (nSPS) is 25.0. The Kier molecular flexibility index (Phi) is 5.08. The van der Waals surface area contributed by atoms with Crippen LogP contribution >= 0.6 is 31.9 Å². The lowest BCUT2D eigenvalue weighted by Crippen LogP contribution is -2.30. The quantitative estimate of drug-likeness (QED) is 0.385.